The van der Waals surface area contributed by atoms with Gasteiger partial charge in [0.15, 0.2) is 10.3 Å². The van der Waals surface area contributed by atoms with Crippen LogP contribution in [0.25, 0.3) is 5.69 Å². The van der Waals surface area contributed by atoms with E-state index in [1.54, 1.807) is 12.3 Å². The Morgan fingerprint density at radius 3 is 2.46 bits per heavy atom. The van der Waals surface area contributed by atoms with Gasteiger partial charge in [-0.05, 0) is 35.4 Å². The minimum atomic E-state index is -0.164. The third-order valence-corrected chi connectivity index (χ3v) is 7.86. The van der Waals surface area contributed by atoms with Crippen LogP contribution in [0, 0.1) is 0 Å². The lowest BCUT2D eigenvalue weighted by atomic mass is 10.1. The predicted molar refractivity (Wildman–Crippen MR) is 151 cm³/mol. The molecule has 3 aromatic carbocycles. The lowest BCUT2D eigenvalue weighted by Crippen LogP contribution is -2.14. The van der Waals surface area contributed by atoms with Crippen LogP contribution in [-0.2, 0) is 17.6 Å². The Kier molecular flexibility index (Phi) is 8.21. The van der Waals surface area contributed by atoms with Crippen molar-refractivity contribution < 1.29 is 4.79 Å². The third kappa shape index (κ3) is 6.59. The van der Waals surface area contributed by atoms with Gasteiger partial charge in [0.25, 0.3) is 0 Å². The molecule has 10 heteroatoms. The van der Waals surface area contributed by atoms with E-state index in [9.17, 15) is 4.79 Å². The van der Waals surface area contributed by atoms with Gasteiger partial charge >= 0.3 is 0 Å². The van der Waals surface area contributed by atoms with Crippen molar-refractivity contribution in [1.29, 1.82) is 0 Å². The summed E-state index contributed by atoms with van der Waals surface area (Å²) in [5.41, 5.74) is 3.04. The molecule has 2 heterocycles. The zero-order valence-corrected chi connectivity index (χ0v) is 22.6. The lowest BCUT2D eigenvalue weighted by Gasteiger charge is -2.10. The van der Waals surface area contributed by atoms with Crippen molar-refractivity contribution in [1.82, 2.24) is 19.7 Å². The smallest absolute Gasteiger partial charge is 0.236 e. The van der Waals surface area contributed by atoms with E-state index in [1.165, 1.54) is 23.1 Å². The molecule has 0 bridgehead atoms. The molecule has 0 radical (unpaired) electrons. The first-order valence-corrected chi connectivity index (χ1v) is 14.0. The van der Waals surface area contributed by atoms with Crippen molar-refractivity contribution in [3.8, 4) is 5.69 Å². The van der Waals surface area contributed by atoms with Crippen LogP contribution in [0.5, 0.6) is 0 Å². The summed E-state index contributed by atoms with van der Waals surface area (Å²) >= 11 is 15.0. The summed E-state index contributed by atoms with van der Waals surface area (Å²) < 4.78 is 2.00. The molecule has 2 aromatic heterocycles. The molecule has 0 aliphatic rings. The van der Waals surface area contributed by atoms with Crippen LogP contribution in [0.3, 0.4) is 0 Å². The number of carbonyl (C=O) groups excluding carboxylic acids is 1. The summed E-state index contributed by atoms with van der Waals surface area (Å²) in [6, 6.07) is 25.5. The molecule has 0 fully saturated rings. The monoisotopic (exact) mass is 565 g/mol. The normalized spacial score (nSPS) is 11.0. The quantitative estimate of drug-likeness (QED) is 0.196. The average molecular weight is 567 g/mol. The number of hydrogen-bond acceptors (Lipinski definition) is 6. The van der Waals surface area contributed by atoms with Crippen molar-refractivity contribution in [3.05, 3.63) is 117 Å². The molecule has 0 unspecified atom stereocenters. The minimum Gasteiger partial charge on any atom is -0.301 e. The maximum Gasteiger partial charge on any atom is 0.236 e. The summed E-state index contributed by atoms with van der Waals surface area (Å²) in [4.78, 5) is 18.1. The van der Waals surface area contributed by atoms with Gasteiger partial charge in [-0.2, -0.15) is 0 Å². The highest BCUT2D eigenvalue weighted by Crippen LogP contribution is 2.28. The van der Waals surface area contributed by atoms with Gasteiger partial charge in [-0.3, -0.25) is 9.36 Å². The van der Waals surface area contributed by atoms with E-state index in [4.69, 9.17) is 23.2 Å². The van der Waals surface area contributed by atoms with E-state index in [2.05, 4.69) is 32.6 Å². The van der Waals surface area contributed by atoms with Gasteiger partial charge in [-0.25, -0.2) is 4.98 Å². The number of thiazole rings is 1. The molecule has 5 aromatic rings. The van der Waals surface area contributed by atoms with Gasteiger partial charge in [0, 0.05) is 39.6 Å². The van der Waals surface area contributed by atoms with Crippen molar-refractivity contribution in [3.63, 3.8) is 0 Å². The number of nitrogens with zero attached hydrogens (tertiary/aromatic N) is 4. The number of thioether (sulfide) groups is 1. The second-order valence-corrected chi connectivity index (χ2v) is 11.0. The summed E-state index contributed by atoms with van der Waals surface area (Å²) in [5, 5.41) is 14.1. The number of hydrogen-bond donors (Lipinski definition) is 1. The van der Waals surface area contributed by atoms with Crippen molar-refractivity contribution in [2.75, 3.05) is 11.1 Å². The van der Waals surface area contributed by atoms with Crippen LogP contribution in [-0.4, -0.2) is 31.4 Å². The van der Waals surface area contributed by atoms with Crippen LogP contribution < -0.4 is 5.32 Å². The molecule has 5 rings (SSSR count). The van der Waals surface area contributed by atoms with Crippen LogP contribution in [0.1, 0.15) is 21.8 Å². The van der Waals surface area contributed by atoms with Crippen LogP contribution in [0.4, 0.5) is 5.13 Å². The first-order chi connectivity index (χ1) is 18.0. The fourth-order valence-corrected chi connectivity index (χ4v) is 5.81. The van der Waals surface area contributed by atoms with Crippen LogP contribution in [0.2, 0.25) is 10.0 Å². The van der Waals surface area contributed by atoms with Gasteiger partial charge in [0.05, 0.1) is 5.75 Å². The Bertz CT molecular complexity index is 1510. The van der Waals surface area contributed by atoms with Crippen molar-refractivity contribution >= 4 is 57.3 Å². The number of rotatable bonds is 9. The Morgan fingerprint density at radius 2 is 1.70 bits per heavy atom. The highest BCUT2D eigenvalue weighted by molar-refractivity contribution is 7.99. The highest BCUT2D eigenvalue weighted by atomic mass is 35.5. The number of halogens is 2. The molecule has 0 saturated heterocycles. The first kappa shape index (κ1) is 25.5. The van der Waals surface area contributed by atoms with Crippen molar-refractivity contribution in [2.45, 2.75) is 18.0 Å². The number of aromatic nitrogens is 4. The van der Waals surface area contributed by atoms with E-state index in [0.29, 0.717) is 33.2 Å². The predicted octanol–water partition coefficient (Wildman–Crippen LogP) is 6.94. The average Bonchev–Trinajstić information content (AvgIpc) is 3.52. The zero-order valence-electron chi connectivity index (χ0n) is 19.5. The maximum atomic E-state index is 12.7. The second-order valence-electron chi connectivity index (χ2n) is 8.11. The molecule has 0 saturated carbocycles. The van der Waals surface area contributed by atoms with E-state index >= 15 is 0 Å². The standard InChI is InChI=1S/C27H21Cl2N5OS2/c28-20-12-11-19(23(29)15-20)14-22-16-30-26(37-22)31-25(35)17-36-27-33-32-24(13-18-7-3-1-4-8-18)34(27)21-9-5-2-6-10-21/h1-12,15-16H,13-14,17H2,(H,30,31,35). The second kappa shape index (κ2) is 11.9. The number of nitrogens with one attached hydrogen (secondary N) is 1. The number of carbonyl (C=O) groups is 1. The van der Waals surface area contributed by atoms with Crippen LogP contribution in [0.15, 0.2) is 90.2 Å². The maximum absolute atomic E-state index is 12.7. The molecule has 6 nitrogen and oxygen atoms in total. The molecule has 37 heavy (non-hydrogen) atoms. The number of benzene rings is 3. The molecule has 0 atom stereocenters. The molecule has 0 spiro atoms. The first-order valence-electron chi connectivity index (χ1n) is 11.4. The lowest BCUT2D eigenvalue weighted by molar-refractivity contribution is -0.113. The number of amides is 1. The SMILES string of the molecule is O=C(CSc1nnc(Cc2ccccc2)n1-c1ccccc1)Nc1ncc(Cc2ccc(Cl)cc2Cl)s1. The highest BCUT2D eigenvalue weighted by Gasteiger charge is 2.17. The molecular weight excluding hydrogens is 545 g/mol. The van der Waals surface area contributed by atoms with E-state index in [1.807, 2.05) is 65.2 Å². The zero-order chi connectivity index (χ0) is 25.6. The van der Waals surface area contributed by atoms with Gasteiger partial charge < -0.3 is 5.32 Å². The Balaban J connectivity index is 1.25. The van der Waals surface area contributed by atoms with Gasteiger partial charge in [0.2, 0.25) is 5.91 Å². The summed E-state index contributed by atoms with van der Waals surface area (Å²) in [6.07, 6.45) is 3.00. The Labute approximate surface area is 232 Å². The van der Waals surface area contributed by atoms with Gasteiger partial charge in [-0.15, -0.1) is 21.5 Å². The van der Waals surface area contributed by atoms with Crippen molar-refractivity contribution in [2.24, 2.45) is 0 Å². The Hall–Kier alpha value is -3.17. The number of para-hydroxylation sites is 1. The molecule has 1 amide bonds. The summed E-state index contributed by atoms with van der Waals surface area (Å²) in [7, 11) is 0. The third-order valence-electron chi connectivity index (χ3n) is 5.43. The Morgan fingerprint density at radius 1 is 0.946 bits per heavy atom. The molecule has 1 N–H and O–H groups in total. The molecule has 0 aliphatic carbocycles. The number of anilines is 1. The fraction of sp³-hybridized carbons (Fsp3) is 0.111. The van der Waals surface area contributed by atoms with Gasteiger partial charge in [0.1, 0.15) is 5.82 Å². The fourth-order valence-electron chi connectivity index (χ4n) is 3.71. The molecule has 0 aliphatic heterocycles. The molecule has 186 valence electrons. The molecular formula is C27H21Cl2N5OS2. The summed E-state index contributed by atoms with van der Waals surface area (Å²) in [6.45, 7) is 0. The van der Waals surface area contributed by atoms with E-state index in [-0.39, 0.29) is 11.7 Å². The van der Waals surface area contributed by atoms with Gasteiger partial charge in [-0.1, -0.05) is 89.6 Å². The topological polar surface area (TPSA) is 72.7 Å². The largest absolute Gasteiger partial charge is 0.301 e. The minimum absolute atomic E-state index is 0.164. The summed E-state index contributed by atoms with van der Waals surface area (Å²) in [5.74, 6) is 0.821. The van der Waals surface area contributed by atoms with E-state index in [0.717, 1.165) is 27.5 Å². The van der Waals surface area contributed by atoms with E-state index < -0.39 is 0 Å². The van der Waals surface area contributed by atoms with Crippen LogP contribution >= 0.6 is 46.3 Å².